The summed E-state index contributed by atoms with van der Waals surface area (Å²) in [7, 11) is 0. The molecule has 0 saturated heterocycles. The summed E-state index contributed by atoms with van der Waals surface area (Å²) in [4.78, 5) is 17.5. The summed E-state index contributed by atoms with van der Waals surface area (Å²) in [5.41, 5.74) is 3.04. The number of imidazole rings is 1. The van der Waals surface area contributed by atoms with Gasteiger partial charge in [-0.1, -0.05) is 18.2 Å². The third-order valence-electron chi connectivity index (χ3n) is 3.87. The molecular weight excluding hydrogens is 300 g/mol. The second-order valence-electron chi connectivity index (χ2n) is 5.49. The predicted molar refractivity (Wildman–Crippen MR) is 92.9 cm³/mol. The third kappa shape index (κ3) is 2.69. The van der Waals surface area contributed by atoms with Crippen molar-refractivity contribution in [3.05, 3.63) is 72.9 Å². The Bertz CT molecular complexity index is 963. The maximum Gasteiger partial charge on any atom is 0.225 e. The maximum absolute atomic E-state index is 4.61. The Hall–Kier alpha value is -3.28. The third-order valence-corrected chi connectivity index (χ3v) is 3.87. The first-order valence-electron chi connectivity index (χ1n) is 7.73. The molecule has 4 rings (SSSR count). The highest BCUT2D eigenvalue weighted by Gasteiger charge is 2.09. The molecule has 0 unspecified atom stereocenters. The zero-order valence-electron chi connectivity index (χ0n) is 13.2. The summed E-state index contributed by atoms with van der Waals surface area (Å²) in [6, 6.07) is 13.8. The van der Waals surface area contributed by atoms with Gasteiger partial charge in [0.1, 0.15) is 12.1 Å². The number of rotatable bonds is 4. The lowest BCUT2D eigenvalue weighted by Gasteiger charge is -2.14. The highest BCUT2D eigenvalue weighted by atomic mass is 15.2. The monoisotopic (exact) mass is 316 g/mol. The number of benzene rings is 1. The molecule has 0 radical (unpaired) electrons. The van der Waals surface area contributed by atoms with Gasteiger partial charge >= 0.3 is 0 Å². The van der Waals surface area contributed by atoms with Crippen LogP contribution in [0, 0.1) is 0 Å². The van der Waals surface area contributed by atoms with E-state index in [1.165, 1.54) is 0 Å². The van der Waals surface area contributed by atoms with E-state index in [0.29, 0.717) is 5.95 Å². The molecule has 1 N–H and O–H groups in total. The number of aromatic nitrogens is 5. The lowest BCUT2D eigenvalue weighted by Crippen LogP contribution is -2.10. The first kappa shape index (κ1) is 14.3. The van der Waals surface area contributed by atoms with E-state index in [9.17, 15) is 0 Å². The van der Waals surface area contributed by atoms with Gasteiger partial charge < -0.3 is 5.32 Å². The summed E-state index contributed by atoms with van der Waals surface area (Å²) < 4.78 is 1.96. The van der Waals surface area contributed by atoms with Gasteiger partial charge in [0.25, 0.3) is 0 Å². The molecule has 0 aliphatic heterocycles. The van der Waals surface area contributed by atoms with Gasteiger partial charge in [-0.15, -0.1) is 0 Å². The lowest BCUT2D eigenvalue weighted by atomic mass is 10.1. The summed E-state index contributed by atoms with van der Waals surface area (Å²) in [5.74, 6) is 1.35. The van der Waals surface area contributed by atoms with E-state index < -0.39 is 0 Å². The topological polar surface area (TPSA) is 68.5 Å². The molecule has 6 heteroatoms. The van der Waals surface area contributed by atoms with Gasteiger partial charge in [0.15, 0.2) is 0 Å². The second-order valence-corrected chi connectivity index (χ2v) is 5.49. The molecule has 6 nitrogen and oxygen atoms in total. The number of hydrogen-bond donors (Lipinski definition) is 1. The quantitative estimate of drug-likeness (QED) is 0.625. The Kier molecular flexibility index (Phi) is 3.63. The normalized spacial score (nSPS) is 12.2. The zero-order chi connectivity index (χ0) is 16.4. The van der Waals surface area contributed by atoms with Gasteiger partial charge in [0.2, 0.25) is 5.95 Å². The van der Waals surface area contributed by atoms with Crippen LogP contribution in [0.3, 0.4) is 0 Å². The van der Waals surface area contributed by atoms with Gasteiger partial charge in [0, 0.05) is 18.6 Å². The van der Waals surface area contributed by atoms with Crippen molar-refractivity contribution >= 4 is 17.0 Å². The van der Waals surface area contributed by atoms with Crippen LogP contribution in [-0.4, -0.2) is 24.5 Å². The number of anilines is 1. The van der Waals surface area contributed by atoms with Crippen LogP contribution < -0.4 is 5.32 Å². The fourth-order valence-corrected chi connectivity index (χ4v) is 2.60. The van der Waals surface area contributed by atoms with Crippen LogP contribution in [0.1, 0.15) is 18.5 Å². The maximum atomic E-state index is 4.61. The predicted octanol–water partition coefficient (Wildman–Crippen LogP) is 3.38. The number of nitrogens with one attached hydrogen (secondary N) is 1. The van der Waals surface area contributed by atoms with Crippen LogP contribution in [0.15, 0.2) is 67.4 Å². The molecular formula is C18H16N6. The van der Waals surface area contributed by atoms with Crippen molar-refractivity contribution in [1.82, 2.24) is 24.5 Å². The summed E-state index contributed by atoms with van der Waals surface area (Å²) in [5, 5.41) is 3.31. The smallest absolute Gasteiger partial charge is 0.225 e. The Morgan fingerprint density at radius 3 is 2.79 bits per heavy atom. The van der Waals surface area contributed by atoms with Gasteiger partial charge in [-0.2, -0.15) is 4.98 Å². The summed E-state index contributed by atoms with van der Waals surface area (Å²) >= 11 is 0. The molecule has 1 aromatic carbocycles. The standard InChI is InChI=1S/C18H16N6/c1-13(14-5-4-9-19-11-14)22-18-20-10-8-17(23-18)24-12-21-15-6-2-3-7-16(15)24/h2-13H,1H3,(H,20,22,23)/t13-/m1/s1. The van der Waals surface area contributed by atoms with Crippen LogP contribution in [0.2, 0.25) is 0 Å². The number of pyridine rings is 1. The molecule has 0 saturated carbocycles. The van der Waals surface area contributed by atoms with Gasteiger partial charge in [-0.3, -0.25) is 9.55 Å². The number of para-hydroxylation sites is 2. The molecule has 4 aromatic rings. The summed E-state index contributed by atoms with van der Waals surface area (Å²) in [6.45, 7) is 2.06. The average molecular weight is 316 g/mol. The summed E-state index contributed by atoms with van der Waals surface area (Å²) in [6.07, 6.45) is 7.12. The van der Waals surface area contributed by atoms with E-state index in [-0.39, 0.29) is 6.04 Å². The molecule has 0 aliphatic carbocycles. The van der Waals surface area contributed by atoms with Crippen LogP contribution in [0.5, 0.6) is 0 Å². The lowest BCUT2D eigenvalue weighted by molar-refractivity contribution is 0.847. The van der Waals surface area contributed by atoms with Crippen molar-refractivity contribution in [1.29, 1.82) is 0 Å². The van der Waals surface area contributed by atoms with Gasteiger partial charge in [-0.25, -0.2) is 9.97 Å². The largest absolute Gasteiger partial charge is 0.348 e. The Balaban J connectivity index is 1.64. The van der Waals surface area contributed by atoms with Crippen molar-refractivity contribution < 1.29 is 0 Å². The first-order chi connectivity index (χ1) is 11.8. The zero-order valence-corrected chi connectivity index (χ0v) is 13.2. The van der Waals surface area contributed by atoms with Gasteiger partial charge in [0.05, 0.1) is 17.1 Å². The van der Waals surface area contributed by atoms with Gasteiger partial charge in [-0.05, 0) is 36.8 Å². The van der Waals surface area contributed by atoms with Crippen molar-refractivity contribution in [3.8, 4) is 5.82 Å². The molecule has 3 heterocycles. The second kappa shape index (κ2) is 6.08. The van der Waals surface area contributed by atoms with Crippen molar-refractivity contribution in [2.75, 3.05) is 5.32 Å². The molecule has 24 heavy (non-hydrogen) atoms. The molecule has 0 bridgehead atoms. The van der Waals surface area contributed by atoms with E-state index in [1.807, 2.05) is 53.2 Å². The highest BCUT2D eigenvalue weighted by Crippen LogP contribution is 2.19. The van der Waals surface area contributed by atoms with Crippen LogP contribution in [0.4, 0.5) is 5.95 Å². The van der Waals surface area contributed by atoms with E-state index in [0.717, 1.165) is 22.4 Å². The number of hydrogen-bond acceptors (Lipinski definition) is 5. The number of nitrogens with zero attached hydrogens (tertiary/aromatic N) is 5. The molecule has 0 aliphatic rings. The molecule has 1 atom stereocenters. The Morgan fingerprint density at radius 2 is 1.92 bits per heavy atom. The van der Waals surface area contributed by atoms with E-state index in [1.54, 1.807) is 18.7 Å². The molecule has 118 valence electrons. The van der Waals surface area contributed by atoms with Crippen LogP contribution >= 0.6 is 0 Å². The molecule has 0 fully saturated rings. The van der Waals surface area contributed by atoms with Crippen molar-refractivity contribution in [3.63, 3.8) is 0 Å². The average Bonchev–Trinajstić information content (AvgIpc) is 3.07. The minimum atomic E-state index is 0.0634. The van der Waals surface area contributed by atoms with E-state index in [4.69, 9.17) is 0 Å². The molecule has 0 amide bonds. The molecule has 0 spiro atoms. The number of fused-ring (bicyclic) bond motifs is 1. The fraction of sp³-hybridized carbons (Fsp3) is 0.111. The highest BCUT2D eigenvalue weighted by molar-refractivity contribution is 5.76. The minimum Gasteiger partial charge on any atom is -0.348 e. The van der Waals surface area contributed by atoms with E-state index in [2.05, 4.69) is 32.2 Å². The van der Waals surface area contributed by atoms with E-state index >= 15 is 0 Å². The minimum absolute atomic E-state index is 0.0634. The van der Waals surface area contributed by atoms with Crippen LogP contribution in [0.25, 0.3) is 16.9 Å². The van der Waals surface area contributed by atoms with Crippen molar-refractivity contribution in [2.24, 2.45) is 0 Å². The SMILES string of the molecule is C[C@@H](Nc1nccc(-n2cnc3ccccc32)n1)c1cccnc1. The fourth-order valence-electron chi connectivity index (χ4n) is 2.60. The van der Waals surface area contributed by atoms with Crippen LogP contribution in [-0.2, 0) is 0 Å². The first-order valence-corrected chi connectivity index (χ1v) is 7.73. The van der Waals surface area contributed by atoms with Crippen molar-refractivity contribution in [2.45, 2.75) is 13.0 Å². The Morgan fingerprint density at radius 1 is 1.00 bits per heavy atom. The Labute approximate surface area is 139 Å². The molecule has 3 aromatic heterocycles.